The van der Waals surface area contributed by atoms with Crippen LogP contribution in [-0.4, -0.2) is 21.9 Å². The number of benzene rings is 2. The predicted molar refractivity (Wildman–Crippen MR) is 134 cm³/mol. The van der Waals surface area contributed by atoms with E-state index in [0.29, 0.717) is 25.0 Å². The second-order valence-corrected chi connectivity index (χ2v) is 9.47. The van der Waals surface area contributed by atoms with Gasteiger partial charge in [0, 0.05) is 17.1 Å². The van der Waals surface area contributed by atoms with Crippen LogP contribution in [-0.2, 0) is 4.79 Å². The average molecular weight is 489 g/mol. The first kappa shape index (κ1) is 22.0. The number of anilines is 1. The van der Waals surface area contributed by atoms with Gasteiger partial charge in [0.05, 0.1) is 27.7 Å². The van der Waals surface area contributed by atoms with Gasteiger partial charge in [-0.25, -0.2) is 0 Å². The third-order valence-electron chi connectivity index (χ3n) is 5.04. The molecule has 2 heterocycles. The second kappa shape index (κ2) is 8.71. The number of nitrogens with zero attached hydrogens (tertiary/aromatic N) is 2. The lowest BCUT2D eigenvalue weighted by Crippen LogP contribution is -2.27. The van der Waals surface area contributed by atoms with E-state index < -0.39 is 0 Å². The SMILES string of the molecule is COc1ccc(-n2c(C)cc(/C=C3\SC(=S)N(c4ccc(Cl)c(Cl)c4)C3=O)c2C)cc1. The quantitative estimate of drug-likeness (QED) is 0.298. The summed E-state index contributed by atoms with van der Waals surface area (Å²) in [6, 6.07) is 15.0. The monoisotopic (exact) mass is 488 g/mol. The van der Waals surface area contributed by atoms with Gasteiger partial charge < -0.3 is 9.30 Å². The van der Waals surface area contributed by atoms with Crippen molar-refractivity contribution >= 4 is 69.2 Å². The molecule has 31 heavy (non-hydrogen) atoms. The molecule has 3 aromatic rings. The van der Waals surface area contributed by atoms with Crippen LogP contribution in [0.2, 0.25) is 10.0 Å². The van der Waals surface area contributed by atoms with Gasteiger partial charge in [0.15, 0.2) is 4.32 Å². The largest absolute Gasteiger partial charge is 0.497 e. The first-order chi connectivity index (χ1) is 14.8. The average Bonchev–Trinajstić information content (AvgIpc) is 3.18. The van der Waals surface area contributed by atoms with Crippen molar-refractivity contribution in [1.29, 1.82) is 0 Å². The highest BCUT2D eigenvalue weighted by Gasteiger charge is 2.33. The normalized spacial score (nSPS) is 15.3. The number of halogens is 2. The van der Waals surface area contributed by atoms with E-state index in [1.165, 1.54) is 16.7 Å². The van der Waals surface area contributed by atoms with E-state index in [4.69, 9.17) is 40.2 Å². The molecule has 1 amide bonds. The van der Waals surface area contributed by atoms with E-state index >= 15 is 0 Å². The van der Waals surface area contributed by atoms with E-state index in [0.717, 1.165) is 28.4 Å². The van der Waals surface area contributed by atoms with Crippen molar-refractivity contribution in [3.05, 3.63) is 80.4 Å². The number of hydrogen-bond donors (Lipinski definition) is 0. The van der Waals surface area contributed by atoms with Crippen molar-refractivity contribution in [2.75, 3.05) is 12.0 Å². The van der Waals surface area contributed by atoms with Crippen LogP contribution in [0.15, 0.2) is 53.4 Å². The zero-order valence-corrected chi connectivity index (χ0v) is 20.1. The lowest BCUT2D eigenvalue weighted by molar-refractivity contribution is -0.113. The highest BCUT2D eigenvalue weighted by molar-refractivity contribution is 8.27. The molecule has 4 nitrogen and oxygen atoms in total. The Morgan fingerprint density at radius 2 is 1.68 bits per heavy atom. The van der Waals surface area contributed by atoms with Crippen molar-refractivity contribution in [2.24, 2.45) is 0 Å². The fourth-order valence-electron chi connectivity index (χ4n) is 3.52. The minimum atomic E-state index is -0.178. The van der Waals surface area contributed by atoms with Crippen LogP contribution in [0.5, 0.6) is 5.75 Å². The maximum Gasteiger partial charge on any atom is 0.270 e. The molecule has 4 rings (SSSR count). The molecule has 0 spiro atoms. The number of hydrogen-bond acceptors (Lipinski definition) is 4. The van der Waals surface area contributed by atoms with Gasteiger partial charge in [-0.1, -0.05) is 47.2 Å². The molecule has 1 fully saturated rings. The summed E-state index contributed by atoms with van der Waals surface area (Å²) in [7, 11) is 1.65. The van der Waals surface area contributed by atoms with Crippen molar-refractivity contribution in [3.63, 3.8) is 0 Å². The summed E-state index contributed by atoms with van der Waals surface area (Å²) in [6.45, 7) is 4.07. The molecule has 1 saturated heterocycles. The lowest BCUT2D eigenvalue weighted by Gasteiger charge is -2.15. The van der Waals surface area contributed by atoms with Crippen LogP contribution in [0.25, 0.3) is 11.8 Å². The molecule has 1 aromatic heterocycles. The third-order valence-corrected chi connectivity index (χ3v) is 7.08. The number of rotatable bonds is 4. The van der Waals surface area contributed by atoms with Crippen LogP contribution < -0.4 is 9.64 Å². The summed E-state index contributed by atoms with van der Waals surface area (Å²) in [5, 5.41) is 0.803. The Labute approximate surface area is 200 Å². The van der Waals surface area contributed by atoms with E-state index in [1.807, 2.05) is 44.2 Å². The fraction of sp³-hybridized carbons (Fsp3) is 0.130. The summed E-state index contributed by atoms with van der Waals surface area (Å²) in [4.78, 5) is 15.2. The molecule has 158 valence electrons. The Morgan fingerprint density at radius 1 is 1.00 bits per heavy atom. The molecular formula is C23H18Cl2N2O2S2. The Kier molecular flexibility index (Phi) is 6.17. The van der Waals surface area contributed by atoms with Crippen molar-refractivity contribution in [1.82, 2.24) is 4.57 Å². The minimum absolute atomic E-state index is 0.178. The summed E-state index contributed by atoms with van der Waals surface area (Å²) in [5.41, 5.74) is 4.68. The summed E-state index contributed by atoms with van der Waals surface area (Å²) in [5.74, 6) is 0.625. The molecule has 2 aromatic carbocycles. The summed E-state index contributed by atoms with van der Waals surface area (Å²) < 4.78 is 7.85. The highest BCUT2D eigenvalue weighted by atomic mass is 35.5. The molecular weight excluding hydrogens is 471 g/mol. The van der Waals surface area contributed by atoms with Crippen LogP contribution in [0.4, 0.5) is 5.69 Å². The molecule has 0 radical (unpaired) electrons. The van der Waals surface area contributed by atoms with E-state index in [1.54, 1.807) is 25.3 Å². The topological polar surface area (TPSA) is 34.5 Å². The standard InChI is InChI=1S/C23H18Cl2N2O2S2/c1-13-10-15(14(2)26(13)16-4-7-18(29-3)8-5-16)11-21-22(28)27(23(30)31-21)17-6-9-19(24)20(25)12-17/h4-12H,1-3H3/b21-11-. The molecule has 0 unspecified atom stereocenters. The van der Waals surface area contributed by atoms with E-state index in [9.17, 15) is 4.79 Å². The second-order valence-electron chi connectivity index (χ2n) is 6.98. The van der Waals surface area contributed by atoms with Gasteiger partial charge in [-0.15, -0.1) is 0 Å². The highest BCUT2D eigenvalue weighted by Crippen LogP contribution is 2.38. The van der Waals surface area contributed by atoms with Gasteiger partial charge in [-0.2, -0.15) is 0 Å². The lowest BCUT2D eigenvalue weighted by atomic mass is 10.2. The predicted octanol–water partition coefficient (Wildman–Crippen LogP) is 6.82. The molecule has 1 aliphatic heterocycles. The first-order valence-corrected chi connectivity index (χ1v) is 11.3. The number of carbonyl (C=O) groups excluding carboxylic acids is 1. The van der Waals surface area contributed by atoms with Gasteiger partial charge in [-0.3, -0.25) is 9.69 Å². The zero-order chi connectivity index (χ0) is 22.3. The number of aromatic nitrogens is 1. The maximum absolute atomic E-state index is 13.1. The molecule has 0 saturated carbocycles. The van der Waals surface area contributed by atoms with Crippen LogP contribution in [0, 0.1) is 13.8 Å². The van der Waals surface area contributed by atoms with Crippen molar-refractivity contribution in [3.8, 4) is 11.4 Å². The number of aryl methyl sites for hydroxylation is 1. The number of ether oxygens (including phenoxy) is 1. The van der Waals surface area contributed by atoms with Crippen LogP contribution >= 0.6 is 47.2 Å². The minimum Gasteiger partial charge on any atom is -0.497 e. The Hall–Kier alpha value is -2.25. The third kappa shape index (κ3) is 4.13. The molecule has 0 N–H and O–H groups in total. The van der Waals surface area contributed by atoms with E-state index in [-0.39, 0.29) is 5.91 Å². The van der Waals surface area contributed by atoms with E-state index in [2.05, 4.69) is 10.6 Å². The molecule has 0 atom stereocenters. The van der Waals surface area contributed by atoms with Gasteiger partial charge in [0.1, 0.15) is 5.75 Å². The molecule has 8 heteroatoms. The molecule has 0 bridgehead atoms. The number of thioether (sulfide) groups is 1. The van der Waals surface area contributed by atoms with Crippen molar-refractivity contribution in [2.45, 2.75) is 13.8 Å². The van der Waals surface area contributed by atoms with Gasteiger partial charge in [0.25, 0.3) is 5.91 Å². The summed E-state index contributed by atoms with van der Waals surface area (Å²) in [6.07, 6.45) is 1.89. The number of amides is 1. The Bertz CT molecular complexity index is 1230. The first-order valence-electron chi connectivity index (χ1n) is 9.36. The molecule has 0 aliphatic carbocycles. The fourth-order valence-corrected chi connectivity index (χ4v) is 5.10. The Morgan fingerprint density at radius 3 is 2.32 bits per heavy atom. The molecule has 1 aliphatic rings. The van der Waals surface area contributed by atoms with Crippen molar-refractivity contribution < 1.29 is 9.53 Å². The Balaban J connectivity index is 1.68. The van der Waals surface area contributed by atoms with Crippen LogP contribution in [0.1, 0.15) is 17.0 Å². The van der Waals surface area contributed by atoms with Gasteiger partial charge >= 0.3 is 0 Å². The zero-order valence-electron chi connectivity index (χ0n) is 17.0. The number of carbonyl (C=O) groups is 1. The van der Waals surface area contributed by atoms with Gasteiger partial charge in [0.2, 0.25) is 0 Å². The smallest absolute Gasteiger partial charge is 0.270 e. The maximum atomic E-state index is 13.1. The van der Waals surface area contributed by atoms with Gasteiger partial charge in [-0.05, 0) is 74.0 Å². The summed E-state index contributed by atoms with van der Waals surface area (Å²) >= 11 is 18.9. The number of methoxy groups -OCH3 is 1. The number of thiocarbonyl (C=S) groups is 1. The van der Waals surface area contributed by atoms with Crippen LogP contribution in [0.3, 0.4) is 0 Å².